The third-order valence-electron chi connectivity index (χ3n) is 4.33. The fourth-order valence-electron chi connectivity index (χ4n) is 2.58. The van der Waals surface area contributed by atoms with E-state index in [9.17, 15) is 4.79 Å². The lowest BCUT2D eigenvalue weighted by molar-refractivity contribution is -0.129. The average Bonchev–Trinajstić information content (AvgIpc) is 2.96. The van der Waals surface area contributed by atoms with Crippen molar-refractivity contribution in [2.75, 3.05) is 20.1 Å². The van der Waals surface area contributed by atoms with Gasteiger partial charge in [0.15, 0.2) is 5.96 Å². The van der Waals surface area contributed by atoms with Gasteiger partial charge >= 0.3 is 0 Å². The van der Waals surface area contributed by atoms with E-state index in [2.05, 4.69) is 29.5 Å². The molecule has 1 atom stereocenters. The summed E-state index contributed by atoms with van der Waals surface area (Å²) in [7, 11) is 1.81. The van der Waals surface area contributed by atoms with Crippen LogP contribution in [0, 0.1) is 5.41 Å². The second kappa shape index (κ2) is 5.39. The van der Waals surface area contributed by atoms with Gasteiger partial charge in [-0.05, 0) is 24.7 Å². The summed E-state index contributed by atoms with van der Waals surface area (Å²) in [5, 5.41) is 6.95. The molecule has 1 saturated heterocycles. The van der Waals surface area contributed by atoms with E-state index in [1.165, 1.54) is 6.42 Å². The lowest BCUT2D eigenvalue weighted by Crippen LogP contribution is -2.50. The van der Waals surface area contributed by atoms with E-state index in [0.29, 0.717) is 17.5 Å². The van der Waals surface area contributed by atoms with Crippen LogP contribution in [0.4, 0.5) is 0 Å². The van der Waals surface area contributed by atoms with Crippen LogP contribution >= 0.6 is 0 Å². The minimum Gasteiger partial charge on any atom is -0.354 e. The molecule has 1 amide bonds. The van der Waals surface area contributed by atoms with E-state index in [1.54, 1.807) is 6.92 Å². The summed E-state index contributed by atoms with van der Waals surface area (Å²) in [6, 6.07) is 0.958. The minimum absolute atomic E-state index is 0.181. The zero-order chi connectivity index (χ0) is 14.0. The van der Waals surface area contributed by atoms with Crippen molar-refractivity contribution in [1.29, 1.82) is 0 Å². The number of hydrogen-bond acceptors (Lipinski definition) is 2. The largest absolute Gasteiger partial charge is 0.354 e. The van der Waals surface area contributed by atoms with Gasteiger partial charge in [-0.1, -0.05) is 13.8 Å². The molecule has 19 heavy (non-hydrogen) atoms. The Bertz CT molecular complexity index is 370. The van der Waals surface area contributed by atoms with Crippen LogP contribution < -0.4 is 10.6 Å². The van der Waals surface area contributed by atoms with Crippen molar-refractivity contribution < 1.29 is 4.79 Å². The maximum Gasteiger partial charge on any atom is 0.219 e. The quantitative estimate of drug-likeness (QED) is 0.578. The van der Waals surface area contributed by atoms with Gasteiger partial charge < -0.3 is 15.5 Å². The number of aliphatic imine (C=N–C) groups is 1. The lowest BCUT2D eigenvalue weighted by atomic mass is 10.1. The first-order valence-corrected chi connectivity index (χ1v) is 7.18. The predicted octanol–water partition coefficient (Wildman–Crippen LogP) is 0.961. The Morgan fingerprint density at radius 1 is 1.26 bits per heavy atom. The van der Waals surface area contributed by atoms with Gasteiger partial charge in [0.2, 0.25) is 5.91 Å². The highest BCUT2D eigenvalue weighted by molar-refractivity contribution is 5.80. The van der Waals surface area contributed by atoms with Crippen LogP contribution in [0.1, 0.15) is 40.0 Å². The first-order valence-electron chi connectivity index (χ1n) is 7.18. The lowest BCUT2D eigenvalue weighted by Gasteiger charge is -2.32. The third kappa shape index (κ3) is 3.61. The molecule has 1 unspecified atom stereocenters. The third-order valence-corrected chi connectivity index (χ3v) is 4.33. The molecule has 1 heterocycles. The van der Waals surface area contributed by atoms with Crippen LogP contribution in [-0.4, -0.2) is 49.0 Å². The Morgan fingerprint density at radius 3 is 2.26 bits per heavy atom. The number of hydrogen-bond donors (Lipinski definition) is 2. The zero-order valence-corrected chi connectivity index (χ0v) is 12.5. The summed E-state index contributed by atoms with van der Waals surface area (Å²) >= 11 is 0. The molecule has 5 nitrogen and oxygen atoms in total. The molecule has 0 aromatic carbocycles. The first-order chi connectivity index (χ1) is 8.92. The number of likely N-dealkylation sites (tertiary alicyclic amines) is 1. The maximum absolute atomic E-state index is 11.3. The average molecular weight is 266 g/mol. The van der Waals surface area contributed by atoms with Crippen LogP contribution in [0.15, 0.2) is 4.99 Å². The molecule has 2 rings (SSSR count). The van der Waals surface area contributed by atoms with Crippen molar-refractivity contribution in [3.05, 3.63) is 0 Å². The number of carbonyl (C=O) groups excluding carboxylic acids is 1. The number of nitrogens with zero attached hydrogens (tertiary/aromatic N) is 2. The van der Waals surface area contributed by atoms with Gasteiger partial charge in [-0.2, -0.15) is 0 Å². The van der Waals surface area contributed by atoms with E-state index in [-0.39, 0.29) is 5.91 Å². The molecule has 0 bridgehead atoms. The Hall–Kier alpha value is -1.26. The molecule has 0 aromatic rings. The predicted molar refractivity (Wildman–Crippen MR) is 77.1 cm³/mol. The Labute approximate surface area is 115 Å². The van der Waals surface area contributed by atoms with Crippen LogP contribution in [0.3, 0.4) is 0 Å². The molecule has 2 aliphatic rings. The molecule has 1 saturated carbocycles. The summed E-state index contributed by atoms with van der Waals surface area (Å²) in [5.74, 6) is 1.08. The molecule has 1 aliphatic heterocycles. The topological polar surface area (TPSA) is 56.7 Å². The van der Waals surface area contributed by atoms with Crippen LogP contribution in [0.5, 0.6) is 0 Å². The Morgan fingerprint density at radius 2 is 1.84 bits per heavy atom. The van der Waals surface area contributed by atoms with Crippen molar-refractivity contribution in [2.24, 2.45) is 10.4 Å². The summed E-state index contributed by atoms with van der Waals surface area (Å²) in [6.07, 6.45) is 3.19. The number of nitrogens with one attached hydrogen (secondary N) is 2. The van der Waals surface area contributed by atoms with Gasteiger partial charge in [0.25, 0.3) is 0 Å². The van der Waals surface area contributed by atoms with Gasteiger partial charge in [0, 0.05) is 39.1 Å². The number of amides is 1. The first kappa shape index (κ1) is 14.2. The summed E-state index contributed by atoms with van der Waals surface area (Å²) in [5.41, 5.74) is 0.398. The monoisotopic (exact) mass is 266 g/mol. The van der Waals surface area contributed by atoms with E-state index in [1.807, 2.05) is 11.9 Å². The smallest absolute Gasteiger partial charge is 0.219 e. The van der Waals surface area contributed by atoms with Gasteiger partial charge in [-0.3, -0.25) is 9.79 Å². The molecule has 5 heteroatoms. The van der Waals surface area contributed by atoms with E-state index >= 15 is 0 Å². The van der Waals surface area contributed by atoms with Gasteiger partial charge in [0.05, 0.1) is 0 Å². The highest BCUT2D eigenvalue weighted by atomic mass is 16.2. The van der Waals surface area contributed by atoms with Crippen molar-refractivity contribution in [3.8, 4) is 0 Å². The SMILES string of the molecule is CN=C(NC1CCN(C(C)=O)CC1)NC1CC1(C)C. The summed E-state index contributed by atoms with van der Waals surface area (Å²) in [6.45, 7) is 7.87. The second-order valence-corrected chi connectivity index (χ2v) is 6.39. The maximum atomic E-state index is 11.3. The molecule has 108 valence electrons. The van der Waals surface area contributed by atoms with Gasteiger partial charge in [-0.15, -0.1) is 0 Å². The number of piperidine rings is 1. The summed E-state index contributed by atoms with van der Waals surface area (Å²) in [4.78, 5) is 17.5. The van der Waals surface area contributed by atoms with Crippen molar-refractivity contribution in [1.82, 2.24) is 15.5 Å². The molecule has 0 spiro atoms. The Balaban J connectivity index is 1.76. The molecule has 2 N–H and O–H groups in total. The second-order valence-electron chi connectivity index (χ2n) is 6.39. The fourth-order valence-corrected chi connectivity index (χ4v) is 2.58. The molecular formula is C14H26N4O. The number of carbonyl (C=O) groups is 1. The molecule has 2 fully saturated rings. The molecule has 0 radical (unpaired) electrons. The van der Waals surface area contributed by atoms with E-state index in [0.717, 1.165) is 31.9 Å². The highest BCUT2D eigenvalue weighted by Crippen LogP contribution is 2.44. The van der Waals surface area contributed by atoms with Crippen LogP contribution in [-0.2, 0) is 4.79 Å². The minimum atomic E-state index is 0.181. The number of rotatable bonds is 2. The van der Waals surface area contributed by atoms with E-state index < -0.39 is 0 Å². The molecular weight excluding hydrogens is 240 g/mol. The van der Waals surface area contributed by atoms with Gasteiger partial charge in [-0.25, -0.2) is 0 Å². The van der Waals surface area contributed by atoms with Crippen molar-refractivity contribution in [3.63, 3.8) is 0 Å². The van der Waals surface area contributed by atoms with Crippen LogP contribution in [0.2, 0.25) is 0 Å². The molecule has 0 aromatic heterocycles. The van der Waals surface area contributed by atoms with Gasteiger partial charge in [0.1, 0.15) is 0 Å². The standard InChI is InChI=1S/C14H26N4O/c1-10(19)18-7-5-11(6-8-18)16-13(15-4)17-12-9-14(12,2)3/h11-12H,5-9H2,1-4H3,(H2,15,16,17). The fraction of sp³-hybridized carbons (Fsp3) is 0.857. The van der Waals surface area contributed by atoms with Crippen molar-refractivity contribution >= 4 is 11.9 Å². The Kier molecular flexibility index (Phi) is 4.02. The van der Waals surface area contributed by atoms with Crippen molar-refractivity contribution in [2.45, 2.75) is 52.1 Å². The highest BCUT2D eigenvalue weighted by Gasteiger charge is 2.46. The van der Waals surface area contributed by atoms with Crippen LogP contribution in [0.25, 0.3) is 0 Å². The number of guanidine groups is 1. The molecule has 1 aliphatic carbocycles. The zero-order valence-electron chi connectivity index (χ0n) is 12.5. The summed E-state index contributed by atoms with van der Waals surface area (Å²) < 4.78 is 0. The normalized spacial score (nSPS) is 27.1. The van der Waals surface area contributed by atoms with E-state index in [4.69, 9.17) is 0 Å².